The van der Waals surface area contributed by atoms with Crippen LogP contribution in [0.15, 0.2) is 16.7 Å². The quantitative estimate of drug-likeness (QED) is 0.588. The first-order valence-corrected chi connectivity index (χ1v) is 5.88. The zero-order chi connectivity index (χ0) is 11.0. The van der Waals surface area contributed by atoms with E-state index in [0.717, 1.165) is 11.4 Å². The second kappa shape index (κ2) is 4.10. The van der Waals surface area contributed by atoms with E-state index in [1.165, 1.54) is 0 Å². The summed E-state index contributed by atoms with van der Waals surface area (Å²) in [5, 5.41) is -0.0919. The van der Waals surface area contributed by atoms with Crippen LogP contribution in [0.1, 0.15) is 12.1 Å². The summed E-state index contributed by atoms with van der Waals surface area (Å²) >= 11 is 9.29. The largest absolute Gasteiger partial charge is 0.308 e. The molecule has 0 aromatic carbocycles. The van der Waals surface area contributed by atoms with Gasteiger partial charge in [-0.1, -0.05) is 0 Å². The summed E-state index contributed by atoms with van der Waals surface area (Å²) in [6, 6.07) is 3.77. The van der Waals surface area contributed by atoms with Gasteiger partial charge in [-0.25, -0.2) is 4.98 Å². The van der Waals surface area contributed by atoms with Gasteiger partial charge in [0.1, 0.15) is 4.60 Å². The third-order valence-corrected chi connectivity index (χ3v) is 3.21. The number of carbonyl (C=O) groups is 1. The number of halogens is 2. The van der Waals surface area contributed by atoms with Gasteiger partial charge in [-0.15, -0.1) is 11.6 Å². The molecule has 0 N–H and O–H groups in total. The average Bonchev–Trinajstić information content (AvgIpc) is 2.45. The van der Waals surface area contributed by atoms with Crippen LogP contribution in [-0.4, -0.2) is 22.8 Å². The second-order valence-electron chi connectivity index (χ2n) is 3.57. The lowest BCUT2D eigenvalue weighted by Gasteiger charge is -2.17. The molecule has 0 saturated carbocycles. The highest BCUT2D eigenvalue weighted by Crippen LogP contribution is 2.29. The molecule has 0 spiro atoms. The molecule has 1 aromatic heterocycles. The van der Waals surface area contributed by atoms with Gasteiger partial charge in [0.05, 0.1) is 11.1 Å². The molecule has 1 aromatic rings. The molecule has 3 nitrogen and oxygen atoms in total. The number of nitrogens with zero attached hydrogens (tertiary/aromatic N) is 2. The monoisotopic (exact) mass is 288 g/mol. The fourth-order valence-corrected chi connectivity index (χ4v) is 2.51. The smallest absolute Gasteiger partial charge is 0.228 e. The molecule has 2 rings (SSSR count). The molecule has 15 heavy (non-hydrogen) atoms. The fourth-order valence-electron chi connectivity index (χ4n) is 1.62. The van der Waals surface area contributed by atoms with Gasteiger partial charge in [-0.3, -0.25) is 4.79 Å². The lowest BCUT2D eigenvalue weighted by molar-refractivity contribution is -0.117. The summed E-state index contributed by atoms with van der Waals surface area (Å²) in [6.07, 6.45) is 0.405. The number of amides is 1. The van der Waals surface area contributed by atoms with Crippen LogP contribution in [0.25, 0.3) is 0 Å². The Morgan fingerprint density at radius 1 is 1.60 bits per heavy atom. The number of rotatable bonds is 1. The van der Waals surface area contributed by atoms with Crippen LogP contribution in [0.2, 0.25) is 0 Å². The molecule has 0 bridgehead atoms. The third-order valence-electron chi connectivity index (χ3n) is 2.34. The van der Waals surface area contributed by atoms with E-state index in [-0.39, 0.29) is 11.3 Å². The second-order valence-corrected chi connectivity index (χ2v) is 4.94. The Kier molecular flexibility index (Phi) is 2.98. The molecular weight excluding hydrogens is 279 g/mol. The van der Waals surface area contributed by atoms with E-state index >= 15 is 0 Å². The first-order valence-electron chi connectivity index (χ1n) is 4.65. The summed E-state index contributed by atoms with van der Waals surface area (Å²) in [7, 11) is 0. The number of alkyl halides is 1. The standard InChI is InChI=1S/C10H10BrClN2O/c1-6-2-3-8(10(11)13-6)14-5-7(12)4-9(14)15/h2-3,7H,4-5H2,1H3. The van der Waals surface area contributed by atoms with Crippen molar-refractivity contribution in [2.24, 2.45) is 0 Å². The molecule has 5 heteroatoms. The Hall–Kier alpha value is -0.610. The third kappa shape index (κ3) is 2.16. The predicted octanol–water partition coefficient (Wildman–Crippen LogP) is 2.50. The van der Waals surface area contributed by atoms with Crippen molar-refractivity contribution < 1.29 is 4.79 Å². The van der Waals surface area contributed by atoms with E-state index in [1.54, 1.807) is 4.90 Å². The van der Waals surface area contributed by atoms with E-state index in [4.69, 9.17) is 11.6 Å². The molecule has 1 saturated heterocycles. The topological polar surface area (TPSA) is 33.2 Å². The first kappa shape index (κ1) is 10.9. The van der Waals surface area contributed by atoms with Crippen LogP contribution >= 0.6 is 27.5 Å². The fraction of sp³-hybridized carbons (Fsp3) is 0.400. The lowest BCUT2D eigenvalue weighted by Crippen LogP contribution is -2.25. The highest BCUT2D eigenvalue weighted by atomic mass is 79.9. The number of hydrogen-bond donors (Lipinski definition) is 0. The van der Waals surface area contributed by atoms with Crippen LogP contribution in [0.4, 0.5) is 5.69 Å². The molecule has 1 amide bonds. The number of anilines is 1. The zero-order valence-corrected chi connectivity index (χ0v) is 10.5. The van der Waals surface area contributed by atoms with E-state index in [1.807, 2.05) is 19.1 Å². The van der Waals surface area contributed by atoms with E-state index in [0.29, 0.717) is 17.6 Å². The van der Waals surface area contributed by atoms with E-state index < -0.39 is 0 Å². The first-order chi connectivity index (χ1) is 7.08. The summed E-state index contributed by atoms with van der Waals surface area (Å²) < 4.78 is 0.696. The number of aromatic nitrogens is 1. The van der Waals surface area contributed by atoms with Gasteiger partial charge in [0.25, 0.3) is 0 Å². The number of pyridine rings is 1. The molecular formula is C10H10BrClN2O. The minimum atomic E-state index is -0.0919. The Bertz CT molecular complexity index is 410. The highest BCUT2D eigenvalue weighted by Gasteiger charge is 2.30. The van der Waals surface area contributed by atoms with Crippen LogP contribution in [0, 0.1) is 6.92 Å². The molecule has 2 heterocycles. The summed E-state index contributed by atoms with van der Waals surface area (Å²) in [5.74, 6) is 0.0568. The van der Waals surface area contributed by atoms with Crippen molar-refractivity contribution in [2.45, 2.75) is 18.7 Å². The van der Waals surface area contributed by atoms with Crippen molar-refractivity contribution in [1.29, 1.82) is 0 Å². The van der Waals surface area contributed by atoms with Crippen LogP contribution in [0.3, 0.4) is 0 Å². The van der Waals surface area contributed by atoms with Crippen LogP contribution < -0.4 is 4.90 Å². The summed E-state index contributed by atoms with van der Waals surface area (Å²) in [4.78, 5) is 17.5. The maximum absolute atomic E-state index is 11.6. The van der Waals surface area contributed by atoms with Gasteiger partial charge in [0.15, 0.2) is 0 Å². The molecule has 1 aliphatic rings. The van der Waals surface area contributed by atoms with Gasteiger partial charge < -0.3 is 4.90 Å². The van der Waals surface area contributed by atoms with Crippen molar-refractivity contribution in [2.75, 3.05) is 11.4 Å². The Labute approximate surface area is 102 Å². The molecule has 0 aliphatic carbocycles. The molecule has 80 valence electrons. The summed E-state index contributed by atoms with van der Waals surface area (Å²) in [6.45, 7) is 2.47. The highest BCUT2D eigenvalue weighted by molar-refractivity contribution is 9.10. The number of aryl methyl sites for hydroxylation is 1. The number of hydrogen-bond acceptors (Lipinski definition) is 2. The molecule has 1 aliphatic heterocycles. The van der Waals surface area contributed by atoms with Crippen molar-refractivity contribution in [3.63, 3.8) is 0 Å². The zero-order valence-electron chi connectivity index (χ0n) is 8.20. The van der Waals surface area contributed by atoms with Crippen molar-refractivity contribution in [3.05, 3.63) is 22.4 Å². The lowest BCUT2D eigenvalue weighted by atomic mass is 10.3. The van der Waals surface area contributed by atoms with Gasteiger partial charge in [-0.05, 0) is 35.0 Å². The van der Waals surface area contributed by atoms with E-state index in [2.05, 4.69) is 20.9 Å². The predicted molar refractivity (Wildman–Crippen MR) is 63.3 cm³/mol. The van der Waals surface area contributed by atoms with E-state index in [9.17, 15) is 4.79 Å². The van der Waals surface area contributed by atoms with Gasteiger partial charge in [0.2, 0.25) is 5.91 Å². The molecule has 0 radical (unpaired) electrons. The van der Waals surface area contributed by atoms with Crippen molar-refractivity contribution >= 4 is 39.1 Å². The van der Waals surface area contributed by atoms with Gasteiger partial charge in [0, 0.05) is 18.7 Å². The van der Waals surface area contributed by atoms with Crippen molar-refractivity contribution in [1.82, 2.24) is 4.98 Å². The van der Waals surface area contributed by atoms with Crippen molar-refractivity contribution in [3.8, 4) is 0 Å². The Balaban J connectivity index is 2.34. The SMILES string of the molecule is Cc1ccc(N2CC(Cl)CC2=O)c(Br)n1. The molecule has 1 atom stereocenters. The average molecular weight is 290 g/mol. The Morgan fingerprint density at radius 2 is 2.33 bits per heavy atom. The molecule has 1 unspecified atom stereocenters. The minimum Gasteiger partial charge on any atom is -0.308 e. The molecule has 1 fully saturated rings. The Morgan fingerprint density at radius 3 is 2.87 bits per heavy atom. The summed E-state index contributed by atoms with van der Waals surface area (Å²) in [5.41, 5.74) is 1.72. The number of carbonyl (C=O) groups excluding carboxylic acids is 1. The van der Waals surface area contributed by atoms with Gasteiger partial charge in [-0.2, -0.15) is 0 Å². The maximum Gasteiger partial charge on any atom is 0.228 e. The van der Waals surface area contributed by atoms with Crippen LogP contribution in [-0.2, 0) is 4.79 Å². The van der Waals surface area contributed by atoms with Crippen LogP contribution in [0.5, 0.6) is 0 Å². The minimum absolute atomic E-state index is 0.0568. The normalized spacial score (nSPS) is 21.1. The maximum atomic E-state index is 11.6. The van der Waals surface area contributed by atoms with Gasteiger partial charge >= 0.3 is 0 Å².